The largest absolute Gasteiger partial charge is 0.458 e. The summed E-state index contributed by atoms with van der Waals surface area (Å²) < 4.78 is 48.4. The van der Waals surface area contributed by atoms with Crippen LogP contribution in [0.25, 0.3) is 0 Å². The zero-order valence-corrected chi connectivity index (χ0v) is 16.2. The molecule has 0 amide bonds. The summed E-state index contributed by atoms with van der Waals surface area (Å²) >= 11 is 0. The Morgan fingerprint density at radius 3 is 1.75 bits per heavy atom. The van der Waals surface area contributed by atoms with Gasteiger partial charge in [0.15, 0.2) is 5.41 Å². The van der Waals surface area contributed by atoms with Crippen LogP contribution < -0.4 is 0 Å². The maximum absolute atomic E-state index is 14.3. The lowest BCUT2D eigenvalue weighted by Gasteiger charge is -2.48. The molecular formula is C19H33F3O2. The first kappa shape index (κ1) is 21.3. The molecular weight excluding hydrogens is 317 g/mol. The number of carbonyl (C=O) groups excluding carboxylic acids is 1. The summed E-state index contributed by atoms with van der Waals surface area (Å²) in [4.78, 5) is 13.0. The number of carbonyl (C=O) groups is 1. The first-order valence-electron chi connectivity index (χ1n) is 8.90. The summed E-state index contributed by atoms with van der Waals surface area (Å²) in [5, 5.41) is 0. The maximum atomic E-state index is 14.3. The van der Waals surface area contributed by atoms with Crippen LogP contribution in [0.1, 0.15) is 87.0 Å². The fraction of sp³-hybridized carbons (Fsp3) is 0.947. The zero-order chi connectivity index (χ0) is 19.0. The van der Waals surface area contributed by atoms with Crippen molar-refractivity contribution in [2.45, 2.75) is 98.8 Å². The van der Waals surface area contributed by atoms with Gasteiger partial charge in [-0.15, -0.1) is 0 Å². The molecule has 0 N–H and O–H groups in total. The van der Waals surface area contributed by atoms with E-state index in [1.807, 2.05) is 6.92 Å². The van der Waals surface area contributed by atoms with Gasteiger partial charge in [-0.1, -0.05) is 48.5 Å². The number of rotatable bonds is 4. The van der Waals surface area contributed by atoms with Crippen molar-refractivity contribution >= 4 is 5.97 Å². The van der Waals surface area contributed by atoms with E-state index in [1.54, 1.807) is 20.8 Å². The summed E-state index contributed by atoms with van der Waals surface area (Å²) in [7, 11) is 0. The van der Waals surface area contributed by atoms with E-state index in [4.69, 9.17) is 4.74 Å². The van der Waals surface area contributed by atoms with Crippen molar-refractivity contribution in [2.75, 3.05) is 0 Å². The lowest BCUT2D eigenvalue weighted by Crippen LogP contribution is -2.57. The third kappa shape index (κ3) is 4.08. The van der Waals surface area contributed by atoms with E-state index in [1.165, 1.54) is 20.8 Å². The van der Waals surface area contributed by atoms with Gasteiger partial charge in [0.05, 0.1) is 0 Å². The van der Waals surface area contributed by atoms with E-state index >= 15 is 0 Å². The van der Waals surface area contributed by atoms with E-state index in [2.05, 4.69) is 0 Å². The molecule has 0 aromatic heterocycles. The monoisotopic (exact) mass is 350 g/mol. The highest BCUT2D eigenvalue weighted by Crippen LogP contribution is 2.58. The van der Waals surface area contributed by atoms with Crippen molar-refractivity contribution in [3.8, 4) is 0 Å². The minimum absolute atomic E-state index is 0.286. The van der Waals surface area contributed by atoms with Gasteiger partial charge in [-0.2, -0.15) is 13.2 Å². The fourth-order valence-electron chi connectivity index (χ4n) is 3.91. The highest BCUT2D eigenvalue weighted by atomic mass is 19.4. The molecule has 1 saturated carbocycles. The molecule has 1 unspecified atom stereocenters. The van der Waals surface area contributed by atoms with Crippen LogP contribution in [-0.4, -0.2) is 17.7 Å². The van der Waals surface area contributed by atoms with Crippen molar-refractivity contribution in [1.82, 2.24) is 0 Å². The summed E-state index contributed by atoms with van der Waals surface area (Å²) in [6, 6.07) is 0. The first-order valence-corrected chi connectivity index (χ1v) is 8.90. The number of hydrogen-bond donors (Lipinski definition) is 0. The number of alkyl halides is 3. The number of ether oxygens (including phenoxy) is 1. The smallest absolute Gasteiger partial charge is 0.405 e. The van der Waals surface area contributed by atoms with Gasteiger partial charge in [0.2, 0.25) is 0 Å². The lowest BCUT2D eigenvalue weighted by atomic mass is 9.59. The fourth-order valence-corrected chi connectivity index (χ4v) is 3.91. The molecule has 0 aliphatic heterocycles. The SMILES string of the molecule is CCC1(OC(=O)C(CC(C)(C)C)(C(C)(C)C)C(F)(F)F)CCCC1. The van der Waals surface area contributed by atoms with Gasteiger partial charge >= 0.3 is 12.1 Å². The van der Waals surface area contributed by atoms with Gasteiger partial charge in [-0.3, -0.25) is 4.79 Å². The van der Waals surface area contributed by atoms with E-state index < -0.39 is 34.0 Å². The molecule has 24 heavy (non-hydrogen) atoms. The van der Waals surface area contributed by atoms with Crippen LogP contribution in [0.2, 0.25) is 0 Å². The first-order chi connectivity index (χ1) is 10.6. The highest BCUT2D eigenvalue weighted by Gasteiger charge is 2.68. The Morgan fingerprint density at radius 2 is 1.46 bits per heavy atom. The molecule has 0 bridgehead atoms. The zero-order valence-electron chi connectivity index (χ0n) is 16.2. The third-order valence-electron chi connectivity index (χ3n) is 5.38. The van der Waals surface area contributed by atoms with Crippen LogP contribution in [0.5, 0.6) is 0 Å². The van der Waals surface area contributed by atoms with Crippen molar-refractivity contribution in [1.29, 1.82) is 0 Å². The summed E-state index contributed by atoms with van der Waals surface area (Å²) in [5.41, 5.74) is -5.18. The van der Waals surface area contributed by atoms with Crippen LogP contribution in [0.4, 0.5) is 13.2 Å². The molecule has 142 valence electrons. The molecule has 0 radical (unpaired) electrons. The van der Waals surface area contributed by atoms with Crippen molar-refractivity contribution in [3.63, 3.8) is 0 Å². The second-order valence-electron chi connectivity index (χ2n) is 9.52. The van der Waals surface area contributed by atoms with Gasteiger partial charge in [-0.05, 0) is 49.4 Å². The number of halogens is 3. The van der Waals surface area contributed by atoms with Gasteiger partial charge in [0.1, 0.15) is 5.60 Å². The molecule has 2 nitrogen and oxygen atoms in total. The molecule has 0 saturated heterocycles. The molecule has 0 aromatic rings. The van der Waals surface area contributed by atoms with E-state index in [-0.39, 0.29) is 6.42 Å². The molecule has 1 fully saturated rings. The van der Waals surface area contributed by atoms with Crippen LogP contribution in [0.15, 0.2) is 0 Å². The Hall–Kier alpha value is -0.740. The second kappa shape index (κ2) is 6.53. The minimum Gasteiger partial charge on any atom is -0.458 e. The van der Waals surface area contributed by atoms with Gasteiger partial charge in [0.25, 0.3) is 0 Å². The third-order valence-corrected chi connectivity index (χ3v) is 5.38. The Labute approximate surface area is 144 Å². The highest BCUT2D eigenvalue weighted by molar-refractivity contribution is 5.79. The molecule has 1 atom stereocenters. The molecule has 0 aromatic carbocycles. The van der Waals surface area contributed by atoms with Gasteiger partial charge in [0, 0.05) is 0 Å². The van der Waals surface area contributed by atoms with E-state index in [9.17, 15) is 18.0 Å². The average Bonchev–Trinajstić information content (AvgIpc) is 2.80. The van der Waals surface area contributed by atoms with Crippen LogP contribution in [-0.2, 0) is 9.53 Å². The topological polar surface area (TPSA) is 26.3 Å². The van der Waals surface area contributed by atoms with Crippen molar-refractivity contribution in [2.24, 2.45) is 16.2 Å². The Kier molecular flexibility index (Phi) is 5.79. The average molecular weight is 350 g/mol. The van der Waals surface area contributed by atoms with E-state index in [0.29, 0.717) is 19.3 Å². The minimum atomic E-state index is -4.66. The summed E-state index contributed by atoms with van der Waals surface area (Å²) in [6.45, 7) is 11.5. The molecule has 1 aliphatic carbocycles. The van der Waals surface area contributed by atoms with Gasteiger partial charge in [-0.25, -0.2) is 0 Å². The Balaban J connectivity index is 3.37. The summed E-state index contributed by atoms with van der Waals surface area (Å²) in [5.74, 6) is -1.10. The molecule has 0 spiro atoms. The maximum Gasteiger partial charge on any atom is 0.405 e. The van der Waals surface area contributed by atoms with Crippen LogP contribution in [0, 0.1) is 16.2 Å². The van der Waals surface area contributed by atoms with Crippen molar-refractivity contribution < 1.29 is 22.7 Å². The second-order valence-corrected chi connectivity index (χ2v) is 9.52. The van der Waals surface area contributed by atoms with Crippen LogP contribution >= 0.6 is 0 Å². The predicted octanol–water partition coefficient (Wildman–Crippen LogP) is 6.28. The van der Waals surface area contributed by atoms with E-state index in [0.717, 1.165) is 12.8 Å². The standard InChI is InChI=1S/C19H33F3O2/c1-8-17(11-9-10-12-17)24-14(23)18(16(5,6)7,19(20,21)22)13-15(2,3)4/h8-13H2,1-7H3. The lowest BCUT2D eigenvalue weighted by molar-refractivity contribution is -0.275. The molecule has 1 aliphatic rings. The van der Waals surface area contributed by atoms with Gasteiger partial charge < -0.3 is 4.74 Å². The Bertz CT molecular complexity index is 433. The predicted molar refractivity (Wildman–Crippen MR) is 89.6 cm³/mol. The normalized spacial score (nSPS) is 21.4. The quantitative estimate of drug-likeness (QED) is 0.557. The molecule has 5 heteroatoms. The molecule has 0 heterocycles. The van der Waals surface area contributed by atoms with Crippen LogP contribution in [0.3, 0.4) is 0 Å². The van der Waals surface area contributed by atoms with Crippen molar-refractivity contribution in [3.05, 3.63) is 0 Å². The number of hydrogen-bond acceptors (Lipinski definition) is 2. The molecule has 1 rings (SSSR count). The summed E-state index contributed by atoms with van der Waals surface area (Å²) in [6.07, 6.45) is -1.28. The number of esters is 1. The Morgan fingerprint density at radius 1 is 1.00 bits per heavy atom.